The highest BCUT2D eigenvalue weighted by molar-refractivity contribution is 7.09. The van der Waals surface area contributed by atoms with Gasteiger partial charge in [-0.3, -0.25) is 9.59 Å². The molecule has 0 spiro atoms. The third-order valence-electron chi connectivity index (χ3n) is 3.78. The first-order valence-corrected chi connectivity index (χ1v) is 9.20. The molecule has 0 radical (unpaired) electrons. The quantitative estimate of drug-likeness (QED) is 0.683. The number of hydrogen-bond donors (Lipinski definition) is 2. The van der Waals surface area contributed by atoms with Crippen LogP contribution in [0.5, 0.6) is 5.75 Å². The Hall–Kier alpha value is -3.19. The number of ether oxygens (including phenoxy) is 1. The van der Waals surface area contributed by atoms with E-state index in [0.29, 0.717) is 28.6 Å². The Morgan fingerprint density at radius 3 is 2.63 bits per heavy atom. The molecule has 7 heteroatoms. The van der Waals surface area contributed by atoms with E-state index >= 15 is 0 Å². The molecule has 6 nitrogen and oxygen atoms in total. The van der Waals surface area contributed by atoms with Gasteiger partial charge in [0.25, 0.3) is 11.8 Å². The average Bonchev–Trinajstić information content (AvgIpc) is 3.16. The van der Waals surface area contributed by atoms with E-state index in [1.54, 1.807) is 36.7 Å². The Labute approximate surface area is 161 Å². The largest absolute Gasteiger partial charge is 0.486 e. The van der Waals surface area contributed by atoms with Gasteiger partial charge in [0.2, 0.25) is 0 Å². The molecule has 0 fully saturated rings. The van der Waals surface area contributed by atoms with Crippen LogP contribution in [-0.2, 0) is 6.61 Å². The number of rotatable bonds is 6. The van der Waals surface area contributed by atoms with E-state index in [0.717, 1.165) is 11.3 Å². The first-order valence-electron chi connectivity index (χ1n) is 8.32. The maximum atomic E-state index is 12.4. The molecule has 2 aromatic carbocycles. The van der Waals surface area contributed by atoms with Crippen molar-refractivity contribution in [2.45, 2.75) is 13.5 Å². The number of nitrogens with zero attached hydrogens (tertiary/aromatic N) is 1. The van der Waals surface area contributed by atoms with Gasteiger partial charge in [-0.1, -0.05) is 23.8 Å². The Bertz CT molecular complexity index is 951. The molecule has 138 valence electrons. The number of aryl methyl sites for hydroxylation is 1. The van der Waals surface area contributed by atoms with Crippen molar-refractivity contribution >= 4 is 28.8 Å². The third-order valence-corrected chi connectivity index (χ3v) is 4.60. The Kier molecular flexibility index (Phi) is 5.83. The van der Waals surface area contributed by atoms with Gasteiger partial charge in [-0.15, -0.1) is 11.3 Å². The van der Waals surface area contributed by atoms with Gasteiger partial charge >= 0.3 is 0 Å². The number of aromatic nitrogens is 1. The molecule has 0 aliphatic heterocycles. The lowest BCUT2D eigenvalue weighted by Crippen LogP contribution is -2.18. The van der Waals surface area contributed by atoms with Crippen molar-refractivity contribution in [3.05, 3.63) is 75.7 Å². The number of carbonyl (C=O) groups excluding carboxylic acids is 2. The predicted octanol–water partition coefficient (Wildman–Crippen LogP) is 3.64. The smallest absolute Gasteiger partial charge is 0.275 e. The molecule has 27 heavy (non-hydrogen) atoms. The van der Waals surface area contributed by atoms with Crippen LogP contribution in [0.25, 0.3) is 0 Å². The monoisotopic (exact) mass is 381 g/mol. The Balaban J connectivity index is 1.61. The molecule has 3 rings (SSSR count). The lowest BCUT2D eigenvalue weighted by atomic mass is 10.2. The van der Waals surface area contributed by atoms with Crippen molar-refractivity contribution in [3.8, 4) is 5.75 Å². The van der Waals surface area contributed by atoms with Crippen LogP contribution in [-0.4, -0.2) is 23.8 Å². The summed E-state index contributed by atoms with van der Waals surface area (Å²) in [5.74, 6) is 0.213. The first-order chi connectivity index (χ1) is 13.0. The summed E-state index contributed by atoms with van der Waals surface area (Å²) in [6.45, 7) is 2.31. The highest BCUT2D eigenvalue weighted by atomic mass is 32.1. The number of thiazole rings is 1. The molecular weight excluding hydrogens is 362 g/mol. The van der Waals surface area contributed by atoms with Gasteiger partial charge in [0.15, 0.2) is 0 Å². The molecule has 0 saturated heterocycles. The van der Waals surface area contributed by atoms with Crippen LogP contribution in [0.3, 0.4) is 0 Å². The normalized spacial score (nSPS) is 10.3. The number of amides is 2. The lowest BCUT2D eigenvalue weighted by Gasteiger charge is -2.06. The third kappa shape index (κ3) is 4.92. The van der Waals surface area contributed by atoms with Crippen molar-refractivity contribution in [3.63, 3.8) is 0 Å². The molecule has 0 saturated carbocycles. The fourth-order valence-electron chi connectivity index (χ4n) is 2.34. The van der Waals surface area contributed by atoms with E-state index in [1.165, 1.54) is 11.3 Å². The standard InChI is InChI=1S/C20H19N3O3S/c1-13-6-8-16(9-7-13)26-11-18-23-17(12-27-18)20(25)22-15-5-3-4-14(10-15)19(24)21-2/h3-10,12H,11H2,1-2H3,(H,21,24)(H,22,25). The van der Waals surface area contributed by atoms with Gasteiger partial charge < -0.3 is 15.4 Å². The van der Waals surface area contributed by atoms with Crippen LogP contribution in [0.4, 0.5) is 5.69 Å². The number of hydrogen-bond acceptors (Lipinski definition) is 5. The predicted molar refractivity (Wildman–Crippen MR) is 105 cm³/mol. The SMILES string of the molecule is CNC(=O)c1cccc(NC(=O)c2csc(COc3ccc(C)cc3)n2)c1. The van der Waals surface area contributed by atoms with E-state index in [2.05, 4.69) is 15.6 Å². The number of benzene rings is 2. The van der Waals surface area contributed by atoms with Gasteiger partial charge in [0, 0.05) is 23.7 Å². The highest BCUT2D eigenvalue weighted by Gasteiger charge is 2.12. The van der Waals surface area contributed by atoms with Gasteiger partial charge in [0.1, 0.15) is 23.1 Å². The van der Waals surface area contributed by atoms with Crippen molar-refractivity contribution in [1.82, 2.24) is 10.3 Å². The second-order valence-corrected chi connectivity index (χ2v) is 6.78. The average molecular weight is 381 g/mol. The summed E-state index contributed by atoms with van der Waals surface area (Å²) < 4.78 is 5.68. The molecule has 1 aromatic heterocycles. The maximum Gasteiger partial charge on any atom is 0.275 e. The van der Waals surface area contributed by atoms with Crippen LogP contribution in [0.15, 0.2) is 53.9 Å². The fourth-order valence-corrected chi connectivity index (χ4v) is 3.02. The molecule has 2 N–H and O–H groups in total. The first kappa shape index (κ1) is 18.6. The number of carbonyl (C=O) groups is 2. The molecular formula is C20H19N3O3S. The van der Waals surface area contributed by atoms with Crippen LogP contribution >= 0.6 is 11.3 Å². The molecule has 2 amide bonds. The Morgan fingerprint density at radius 2 is 1.89 bits per heavy atom. The minimum absolute atomic E-state index is 0.213. The molecule has 0 unspecified atom stereocenters. The summed E-state index contributed by atoms with van der Waals surface area (Å²) in [5.41, 5.74) is 2.48. The molecule has 0 bridgehead atoms. The zero-order chi connectivity index (χ0) is 19.2. The summed E-state index contributed by atoms with van der Waals surface area (Å²) in [5, 5.41) is 7.70. The zero-order valence-corrected chi connectivity index (χ0v) is 15.8. The Morgan fingerprint density at radius 1 is 1.11 bits per heavy atom. The van der Waals surface area contributed by atoms with Crippen molar-refractivity contribution in [2.24, 2.45) is 0 Å². The number of nitrogens with one attached hydrogen (secondary N) is 2. The summed E-state index contributed by atoms with van der Waals surface area (Å²) in [4.78, 5) is 28.4. The molecule has 0 aliphatic carbocycles. The van der Waals surface area contributed by atoms with Gasteiger partial charge in [-0.2, -0.15) is 0 Å². The fraction of sp³-hybridized carbons (Fsp3) is 0.150. The molecule has 0 aliphatic rings. The molecule has 1 heterocycles. The lowest BCUT2D eigenvalue weighted by molar-refractivity contribution is 0.0961. The van der Waals surface area contributed by atoms with Gasteiger partial charge in [0.05, 0.1) is 0 Å². The number of anilines is 1. The van der Waals surface area contributed by atoms with E-state index in [4.69, 9.17) is 4.74 Å². The van der Waals surface area contributed by atoms with Crippen LogP contribution in [0.1, 0.15) is 31.4 Å². The van der Waals surface area contributed by atoms with Gasteiger partial charge in [-0.05, 0) is 37.3 Å². The summed E-state index contributed by atoms with van der Waals surface area (Å²) in [6, 6.07) is 14.5. The van der Waals surface area contributed by atoms with Crippen molar-refractivity contribution < 1.29 is 14.3 Å². The van der Waals surface area contributed by atoms with Gasteiger partial charge in [-0.25, -0.2) is 4.98 Å². The van der Waals surface area contributed by atoms with Crippen LogP contribution in [0, 0.1) is 6.92 Å². The summed E-state index contributed by atoms with van der Waals surface area (Å²) in [7, 11) is 1.56. The maximum absolute atomic E-state index is 12.4. The van der Waals surface area contributed by atoms with Crippen molar-refractivity contribution in [1.29, 1.82) is 0 Å². The topological polar surface area (TPSA) is 80.3 Å². The van der Waals surface area contributed by atoms with Crippen LogP contribution in [0.2, 0.25) is 0 Å². The summed E-state index contributed by atoms with van der Waals surface area (Å²) in [6.07, 6.45) is 0. The minimum Gasteiger partial charge on any atom is -0.486 e. The van der Waals surface area contributed by atoms with E-state index < -0.39 is 0 Å². The van der Waals surface area contributed by atoms with E-state index in [-0.39, 0.29) is 11.8 Å². The van der Waals surface area contributed by atoms with E-state index in [1.807, 2.05) is 31.2 Å². The second-order valence-electron chi connectivity index (χ2n) is 5.84. The molecule has 0 atom stereocenters. The van der Waals surface area contributed by atoms with Crippen molar-refractivity contribution in [2.75, 3.05) is 12.4 Å². The zero-order valence-electron chi connectivity index (χ0n) is 15.0. The van der Waals surface area contributed by atoms with Crippen LogP contribution < -0.4 is 15.4 Å². The summed E-state index contributed by atoms with van der Waals surface area (Å²) >= 11 is 1.36. The second kappa shape index (κ2) is 8.46. The molecule has 3 aromatic rings. The highest BCUT2D eigenvalue weighted by Crippen LogP contribution is 2.17. The van der Waals surface area contributed by atoms with E-state index in [9.17, 15) is 9.59 Å². The minimum atomic E-state index is -0.332.